The number of fused-ring (bicyclic) bond motifs is 1. The zero-order valence-corrected chi connectivity index (χ0v) is 19.8. The van der Waals surface area contributed by atoms with Crippen molar-refractivity contribution in [2.45, 2.75) is 13.0 Å². The Morgan fingerprint density at radius 1 is 1.13 bits per heavy atom. The van der Waals surface area contributed by atoms with Gasteiger partial charge in [-0.2, -0.15) is 0 Å². The van der Waals surface area contributed by atoms with Crippen molar-refractivity contribution >= 4 is 45.8 Å². The molecule has 1 unspecified atom stereocenters. The van der Waals surface area contributed by atoms with Gasteiger partial charge in [0, 0.05) is 66.7 Å². The van der Waals surface area contributed by atoms with Gasteiger partial charge >= 0.3 is 0 Å². The summed E-state index contributed by atoms with van der Waals surface area (Å²) in [7, 11) is 1.78. The lowest BCUT2D eigenvalue weighted by atomic mass is 9.99. The molecule has 0 aliphatic carbocycles. The number of ether oxygens (including phenoxy) is 1. The summed E-state index contributed by atoms with van der Waals surface area (Å²) in [5.74, 6) is 0. The molecular weight excluding hydrogens is 487 g/mol. The summed E-state index contributed by atoms with van der Waals surface area (Å²) in [5.41, 5.74) is 6.05. The molecule has 0 amide bonds. The third kappa shape index (κ3) is 5.04. The van der Waals surface area contributed by atoms with Gasteiger partial charge < -0.3 is 15.0 Å². The van der Waals surface area contributed by atoms with Gasteiger partial charge in [-0.1, -0.05) is 6.07 Å². The van der Waals surface area contributed by atoms with E-state index in [0.717, 1.165) is 38.5 Å². The van der Waals surface area contributed by atoms with Gasteiger partial charge in [-0.15, -0.1) is 0 Å². The average molecular weight is 516 g/mol. The molecule has 5 nitrogen and oxygen atoms in total. The van der Waals surface area contributed by atoms with Crippen molar-refractivity contribution in [2.75, 3.05) is 56.7 Å². The monoisotopic (exact) mass is 516 g/mol. The van der Waals surface area contributed by atoms with E-state index < -0.39 is 0 Å². The standard InChI is InChI=1S/C24H29IN4O/c1-18(17-30-2)28-9-11-29(12-10-28)23-7-5-22(6-8-23)27-16-20-15-26-14-19-3-4-21(25)13-24(19)20/h3-8,13-14,16,18,27H,9-12,15,17H2,1-2H3/b20-16+. The Morgan fingerprint density at radius 2 is 1.90 bits per heavy atom. The second-order valence-corrected chi connectivity index (χ2v) is 9.14. The van der Waals surface area contributed by atoms with Crippen molar-refractivity contribution in [1.29, 1.82) is 0 Å². The summed E-state index contributed by atoms with van der Waals surface area (Å²) in [4.78, 5) is 9.47. The Hall–Kier alpha value is -1.90. The Balaban J connectivity index is 1.37. The Bertz CT molecular complexity index is 917. The van der Waals surface area contributed by atoms with Gasteiger partial charge in [0.15, 0.2) is 0 Å². The summed E-state index contributed by atoms with van der Waals surface area (Å²) >= 11 is 2.36. The highest BCUT2D eigenvalue weighted by atomic mass is 127. The van der Waals surface area contributed by atoms with Gasteiger partial charge in [0.25, 0.3) is 0 Å². The first-order chi connectivity index (χ1) is 14.6. The molecule has 0 spiro atoms. The zero-order valence-electron chi connectivity index (χ0n) is 17.6. The van der Waals surface area contributed by atoms with Gasteiger partial charge in [-0.3, -0.25) is 9.89 Å². The highest BCUT2D eigenvalue weighted by Crippen LogP contribution is 2.25. The van der Waals surface area contributed by atoms with Gasteiger partial charge in [-0.05, 0) is 82.6 Å². The molecule has 1 N–H and O–H groups in total. The van der Waals surface area contributed by atoms with E-state index >= 15 is 0 Å². The van der Waals surface area contributed by atoms with Gasteiger partial charge in [0.1, 0.15) is 0 Å². The second kappa shape index (κ2) is 9.94. The van der Waals surface area contributed by atoms with Crippen molar-refractivity contribution in [3.8, 4) is 0 Å². The maximum absolute atomic E-state index is 5.30. The minimum Gasteiger partial charge on any atom is -0.383 e. The summed E-state index contributed by atoms with van der Waals surface area (Å²) in [6.07, 6.45) is 4.06. The highest BCUT2D eigenvalue weighted by molar-refractivity contribution is 14.1. The van der Waals surface area contributed by atoms with Crippen LogP contribution in [0.4, 0.5) is 11.4 Å². The molecule has 2 aliphatic heterocycles. The summed E-state index contributed by atoms with van der Waals surface area (Å²) < 4.78 is 6.54. The lowest BCUT2D eigenvalue weighted by Crippen LogP contribution is -2.50. The molecule has 0 aromatic heterocycles. The molecule has 6 heteroatoms. The van der Waals surface area contributed by atoms with Crippen LogP contribution in [0.15, 0.2) is 53.7 Å². The number of hydrogen-bond acceptors (Lipinski definition) is 5. The second-order valence-electron chi connectivity index (χ2n) is 7.89. The van der Waals surface area contributed by atoms with Crippen LogP contribution >= 0.6 is 22.6 Å². The molecule has 2 aliphatic rings. The molecule has 0 bridgehead atoms. The van der Waals surface area contributed by atoms with Crippen LogP contribution in [-0.2, 0) is 4.74 Å². The zero-order chi connectivity index (χ0) is 20.9. The van der Waals surface area contributed by atoms with Crippen LogP contribution in [-0.4, -0.2) is 63.6 Å². The van der Waals surface area contributed by atoms with Crippen LogP contribution < -0.4 is 10.2 Å². The van der Waals surface area contributed by atoms with Crippen LogP contribution in [0.2, 0.25) is 0 Å². The fourth-order valence-electron chi connectivity index (χ4n) is 4.08. The van der Waals surface area contributed by atoms with E-state index in [-0.39, 0.29) is 0 Å². The molecule has 1 saturated heterocycles. The predicted octanol–water partition coefficient (Wildman–Crippen LogP) is 4.33. The molecule has 2 heterocycles. The van der Waals surface area contributed by atoms with Crippen molar-refractivity contribution in [2.24, 2.45) is 4.99 Å². The molecular formula is C24H29IN4O. The fraction of sp³-hybridized carbons (Fsp3) is 0.375. The van der Waals surface area contributed by atoms with Gasteiger partial charge in [0.05, 0.1) is 13.2 Å². The first-order valence-corrected chi connectivity index (χ1v) is 11.6. The van der Waals surface area contributed by atoms with Crippen LogP contribution in [0, 0.1) is 3.57 Å². The number of piperazine rings is 1. The minimum atomic E-state index is 0.481. The molecule has 0 saturated carbocycles. The normalized spacial score (nSPS) is 19.0. The summed E-state index contributed by atoms with van der Waals surface area (Å²) in [5, 5.41) is 3.46. The molecule has 1 atom stereocenters. The average Bonchev–Trinajstić information content (AvgIpc) is 2.78. The molecule has 158 valence electrons. The van der Waals surface area contributed by atoms with Crippen LogP contribution in [0.5, 0.6) is 0 Å². The molecule has 2 aromatic carbocycles. The first kappa shape index (κ1) is 21.3. The van der Waals surface area contributed by atoms with Crippen LogP contribution in [0.25, 0.3) is 5.57 Å². The third-order valence-electron chi connectivity index (χ3n) is 5.84. The number of anilines is 2. The number of halogens is 1. The topological polar surface area (TPSA) is 40.1 Å². The van der Waals surface area contributed by atoms with Crippen molar-refractivity contribution in [3.05, 3.63) is 63.4 Å². The number of aliphatic imine (C=N–C) groups is 1. The molecule has 4 rings (SSSR count). The number of hydrogen-bond donors (Lipinski definition) is 1. The summed E-state index contributed by atoms with van der Waals surface area (Å²) in [6, 6.07) is 15.7. The van der Waals surface area contributed by atoms with Crippen molar-refractivity contribution < 1.29 is 4.74 Å². The largest absolute Gasteiger partial charge is 0.383 e. The fourth-order valence-corrected chi connectivity index (χ4v) is 4.57. The Labute approximate surface area is 193 Å². The number of nitrogens with zero attached hydrogens (tertiary/aromatic N) is 3. The Morgan fingerprint density at radius 3 is 2.63 bits per heavy atom. The van der Waals surface area contributed by atoms with Gasteiger partial charge in [-0.25, -0.2) is 0 Å². The number of nitrogens with one attached hydrogen (secondary N) is 1. The van der Waals surface area contributed by atoms with E-state index in [2.05, 4.69) is 98.3 Å². The van der Waals surface area contributed by atoms with E-state index in [9.17, 15) is 0 Å². The lowest BCUT2D eigenvalue weighted by Gasteiger charge is -2.39. The molecule has 30 heavy (non-hydrogen) atoms. The van der Waals surface area contributed by atoms with E-state index in [4.69, 9.17) is 4.74 Å². The van der Waals surface area contributed by atoms with Crippen LogP contribution in [0.3, 0.4) is 0 Å². The smallest absolute Gasteiger partial charge is 0.0660 e. The molecule has 1 fully saturated rings. The third-order valence-corrected chi connectivity index (χ3v) is 6.52. The van der Waals surface area contributed by atoms with Crippen LogP contribution in [0.1, 0.15) is 18.1 Å². The van der Waals surface area contributed by atoms with Crippen molar-refractivity contribution in [1.82, 2.24) is 4.90 Å². The SMILES string of the molecule is COCC(C)N1CCN(c2ccc(N/C=C3\CN=Cc4ccc(I)cc43)cc2)CC1. The van der Waals surface area contributed by atoms with E-state index in [1.165, 1.54) is 26.0 Å². The van der Waals surface area contributed by atoms with E-state index in [1.807, 2.05) is 6.21 Å². The maximum atomic E-state index is 5.30. The molecule has 0 radical (unpaired) electrons. The van der Waals surface area contributed by atoms with E-state index in [0.29, 0.717) is 12.6 Å². The molecule has 2 aromatic rings. The predicted molar refractivity (Wildman–Crippen MR) is 135 cm³/mol. The highest BCUT2D eigenvalue weighted by Gasteiger charge is 2.21. The Kier molecular flexibility index (Phi) is 7.07. The maximum Gasteiger partial charge on any atom is 0.0660 e. The van der Waals surface area contributed by atoms with E-state index in [1.54, 1.807) is 7.11 Å². The summed E-state index contributed by atoms with van der Waals surface area (Å²) in [6.45, 7) is 8.02. The number of rotatable bonds is 6. The van der Waals surface area contributed by atoms with Gasteiger partial charge in [0.2, 0.25) is 0 Å². The van der Waals surface area contributed by atoms with Crippen molar-refractivity contribution in [3.63, 3.8) is 0 Å². The minimum absolute atomic E-state index is 0.481. The first-order valence-electron chi connectivity index (χ1n) is 10.5. The number of benzene rings is 2. The lowest BCUT2D eigenvalue weighted by molar-refractivity contribution is 0.0953. The quantitative estimate of drug-likeness (QED) is 0.581. The number of methoxy groups -OCH3 is 1.